The highest BCUT2D eigenvalue weighted by molar-refractivity contribution is 5.79. The first-order chi connectivity index (χ1) is 25.1. The molecular formula is C40H44N2O10. The number of methoxy groups -OCH3 is 1. The molecule has 4 N–H and O–H groups in total. The van der Waals surface area contributed by atoms with Gasteiger partial charge < -0.3 is 44.5 Å². The summed E-state index contributed by atoms with van der Waals surface area (Å²) >= 11 is 0. The minimum absolute atomic E-state index is 0.115. The molecule has 4 aromatic carbocycles. The number of hydrogen-bond acceptors (Lipinski definition) is 10. The Kier molecular flexibility index (Phi) is 13.0. The normalized spacial score (nSPS) is 19.7. The molecule has 0 unspecified atom stereocenters. The number of urea groups is 1. The molecule has 0 saturated carbocycles. The first kappa shape index (κ1) is 38.0. The number of nitrogens with zero attached hydrogens (tertiary/aromatic N) is 1. The van der Waals surface area contributed by atoms with Gasteiger partial charge in [-0.15, -0.1) is 0 Å². The van der Waals surface area contributed by atoms with Gasteiger partial charge in [-0.2, -0.15) is 0 Å². The molecular weight excluding hydrogens is 668 g/mol. The molecule has 12 nitrogen and oxygen atoms in total. The molecule has 1 saturated heterocycles. The van der Waals surface area contributed by atoms with Gasteiger partial charge in [0.2, 0.25) is 6.29 Å². The molecule has 1 heterocycles. The van der Waals surface area contributed by atoms with Gasteiger partial charge in [0.25, 0.3) is 0 Å². The minimum Gasteiger partial charge on any atom is -0.496 e. The molecule has 0 radical (unpaired) electrons. The van der Waals surface area contributed by atoms with Crippen LogP contribution in [0.3, 0.4) is 0 Å². The van der Waals surface area contributed by atoms with E-state index in [4.69, 9.17) is 18.9 Å². The van der Waals surface area contributed by atoms with Gasteiger partial charge in [0, 0.05) is 25.2 Å². The summed E-state index contributed by atoms with van der Waals surface area (Å²) in [5.74, 6) is -1.28. The van der Waals surface area contributed by atoms with Crippen LogP contribution in [-0.2, 0) is 49.9 Å². The molecule has 12 heteroatoms. The fourth-order valence-electron chi connectivity index (χ4n) is 5.90. The molecule has 0 aliphatic carbocycles. The number of nitrogens with one attached hydrogen (secondary N) is 1. The van der Waals surface area contributed by atoms with Gasteiger partial charge in [0.15, 0.2) is 6.10 Å². The topological polar surface area (TPSA) is 164 Å². The van der Waals surface area contributed by atoms with Crippen LogP contribution in [0.4, 0.5) is 4.79 Å². The predicted molar refractivity (Wildman–Crippen MR) is 191 cm³/mol. The van der Waals surface area contributed by atoms with Crippen molar-refractivity contribution in [3.63, 3.8) is 0 Å². The maximum Gasteiger partial charge on any atom is 0.338 e. The fraction of sp³-hybridized carbons (Fsp3) is 0.325. The Bertz CT molecular complexity index is 1820. The van der Waals surface area contributed by atoms with E-state index in [0.717, 1.165) is 22.3 Å². The van der Waals surface area contributed by atoms with Crippen molar-refractivity contribution < 1.29 is 48.7 Å². The molecule has 274 valence electrons. The van der Waals surface area contributed by atoms with Crippen molar-refractivity contribution in [3.05, 3.63) is 125 Å². The van der Waals surface area contributed by atoms with E-state index >= 15 is 0 Å². The van der Waals surface area contributed by atoms with Crippen LogP contribution in [0, 0.1) is 6.92 Å². The zero-order chi connectivity index (χ0) is 37.2. The Balaban J connectivity index is 1.29. The summed E-state index contributed by atoms with van der Waals surface area (Å²) in [4.78, 5) is 40.9. The van der Waals surface area contributed by atoms with Gasteiger partial charge >= 0.3 is 18.0 Å². The van der Waals surface area contributed by atoms with Crippen molar-refractivity contribution in [1.29, 1.82) is 0 Å². The van der Waals surface area contributed by atoms with Crippen molar-refractivity contribution in [1.82, 2.24) is 10.2 Å². The number of carbonyl (C=O) groups excluding carboxylic acids is 3. The van der Waals surface area contributed by atoms with Crippen LogP contribution in [-0.4, -0.2) is 82.5 Å². The lowest BCUT2D eigenvalue weighted by Crippen LogP contribution is -2.60. The Labute approximate surface area is 302 Å². The maximum absolute atomic E-state index is 13.2. The third-order valence-electron chi connectivity index (χ3n) is 8.75. The second-order valence-electron chi connectivity index (χ2n) is 12.5. The summed E-state index contributed by atoms with van der Waals surface area (Å²) in [5, 5.41) is 34.5. The van der Waals surface area contributed by atoms with E-state index in [-0.39, 0.29) is 19.1 Å². The van der Waals surface area contributed by atoms with Gasteiger partial charge in [0.1, 0.15) is 30.7 Å². The number of aryl methyl sites for hydroxylation is 1. The molecule has 5 atom stereocenters. The number of benzene rings is 4. The van der Waals surface area contributed by atoms with Crippen molar-refractivity contribution in [3.8, 4) is 16.9 Å². The van der Waals surface area contributed by atoms with Gasteiger partial charge in [-0.25, -0.2) is 9.59 Å². The zero-order valence-corrected chi connectivity index (χ0v) is 29.3. The second kappa shape index (κ2) is 17.8. The molecule has 0 aromatic heterocycles. The van der Waals surface area contributed by atoms with E-state index in [9.17, 15) is 29.7 Å². The smallest absolute Gasteiger partial charge is 0.338 e. The Hall–Kier alpha value is -5.27. The summed E-state index contributed by atoms with van der Waals surface area (Å²) in [6.07, 6.45) is -9.23. The highest BCUT2D eigenvalue weighted by atomic mass is 16.7. The second-order valence-corrected chi connectivity index (χ2v) is 12.5. The molecule has 1 aliphatic rings. The van der Waals surface area contributed by atoms with Gasteiger partial charge in [-0.05, 0) is 53.8 Å². The lowest BCUT2D eigenvalue weighted by atomic mass is 9.94. The quantitative estimate of drug-likeness (QED) is 0.149. The third kappa shape index (κ3) is 9.53. The third-order valence-corrected chi connectivity index (χ3v) is 8.75. The number of esters is 2. The van der Waals surface area contributed by atoms with Crippen molar-refractivity contribution in [2.45, 2.75) is 70.7 Å². The zero-order valence-electron chi connectivity index (χ0n) is 29.3. The minimum atomic E-state index is -1.85. The van der Waals surface area contributed by atoms with Crippen molar-refractivity contribution >= 4 is 18.0 Å². The van der Waals surface area contributed by atoms with Gasteiger partial charge in [-0.3, -0.25) is 4.79 Å². The Morgan fingerprint density at radius 2 is 1.50 bits per heavy atom. The number of ether oxygens (including phenoxy) is 4. The van der Waals surface area contributed by atoms with Crippen LogP contribution < -0.4 is 10.1 Å². The number of rotatable bonds is 13. The number of aliphatic hydroxyl groups excluding tert-OH is 3. The van der Waals surface area contributed by atoms with Crippen LogP contribution >= 0.6 is 0 Å². The van der Waals surface area contributed by atoms with Crippen LogP contribution in [0.1, 0.15) is 34.7 Å². The predicted octanol–water partition coefficient (Wildman–Crippen LogP) is 4.04. The van der Waals surface area contributed by atoms with Gasteiger partial charge in [-0.1, -0.05) is 90.5 Å². The average molecular weight is 713 g/mol. The highest BCUT2D eigenvalue weighted by Gasteiger charge is 2.49. The molecule has 1 aliphatic heterocycles. The van der Waals surface area contributed by atoms with Crippen molar-refractivity contribution in [2.24, 2.45) is 0 Å². The van der Waals surface area contributed by atoms with E-state index in [1.807, 2.05) is 62.4 Å². The standard InChI is InChI=1S/C40H44N2O10/c1-4-42(40(48)41-22-26-11-7-5-8-12-26)23-29-19-25(2)15-17-30(29)31-20-28(16-18-32(31)49-3)21-33(43)51-39-36(46)34(44)35(45)37(52-39)38(47)50-24-27-13-9-6-10-14-27/h5-20,34-37,39,44-46H,4,21-24H2,1-3H3,(H,41,48)/t34-,35-,36+,37-,39+/m0/s1. The first-order valence-corrected chi connectivity index (χ1v) is 17.0. The maximum atomic E-state index is 13.2. The Morgan fingerprint density at radius 1 is 0.808 bits per heavy atom. The molecule has 1 fully saturated rings. The lowest BCUT2D eigenvalue weighted by molar-refractivity contribution is -0.287. The number of amides is 2. The number of hydrogen-bond donors (Lipinski definition) is 4. The number of aliphatic hydroxyl groups is 3. The van der Waals surface area contributed by atoms with Gasteiger partial charge in [0.05, 0.1) is 13.5 Å². The van der Waals surface area contributed by atoms with Crippen LogP contribution in [0.2, 0.25) is 0 Å². The first-order valence-electron chi connectivity index (χ1n) is 17.0. The largest absolute Gasteiger partial charge is 0.496 e. The van der Waals surface area contributed by atoms with E-state index < -0.39 is 42.6 Å². The SMILES string of the molecule is CCN(Cc1cc(C)ccc1-c1cc(CC(=O)O[C@@H]2O[C@H](C(=O)OCc3ccccc3)[C@@H](O)[C@H](O)[C@H]2O)ccc1OC)C(=O)NCc1ccccc1. The molecule has 0 bridgehead atoms. The van der Waals surface area contributed by atoms with E-state index in [1.54, 1.807) is 60.5 Å². The van der Waals surface area contributed by atoms with E-state index in [2.05, 4.69) is 5.32 Å². The lowest BCUT2D eigenvalue weighted by Gasteiger charge is -2.38. The summed E-state index contributed by atoms with van der Waals surface area (Å²) in [5.41, 5.74) is 5.55. The van der Waals surface area contributed by atoms with Crippen LogP contribution in [0.15, 0.2) is 97.1 Å². The average Bonchev–Trinajstić information content (AvgIpc) is 3.16. The molecule has 5 rings (SSSR count). The van der Waals surface area contributed by atoms with Crippen molar-refractivity contribution in [2.75, 3.05) is 13.7 Å². The van der Waals surface area contributed by atoms with Crippen LogP contribution in [0.5, 0.6) is 5.75 Å². The molecule has 0 spiro atoms. The van der Waals surface area contributed by atoms with E-state index in [1.165, 1.54) is 0 Å². The highest BCUT2D eigenvalue weighted by Crippen LogP contribution is 2.35. The summed E-state index contributed by atoms with van der Waals surface area (Å²) in [6.45, 7) is 4.92. The van der Waals surface area contributed by atoms with E-state index in [0.29, 0.717) is 42.1 Å². The summed E-state index contributed by atoms with van der Waals surface area (Å²) in [7, 11) is 1.54. The summed E-state index contributed by atoms with van der Waals surface area (Å²) in [6, 6.07) is 29.4. The number of carbonyl (C=O) groups is 3. The fourth-order valence-corrected chi connectivity index (χ4v) is 5.90. The molecule has 4 aromatic rings. The monoisotopic (exact) mass is 712 g/mol. The molecule has 2 amide bonds. The summed E-state index contributed by atoms with van der Waals surface area (Å²) < 4.78 is 21.8. The van der Waals surface area contributed by atoms with Crippen LogP contribution in [0.25, 0.3) is 11.1 Å². The Morgan fingerprint density at radius 3 is 2.17 bits per heavy atom. The molecule has 52 heavy (non-hydrogen) atoms.